The minimum absolute atomic E-state index is 0.00974. The van der Waals surface area contributed by atoms with E-state index in [1.165, 1.54) is 63.0 Å². The molecule has 0 unspecified atom stereocenters. The van der Waals surface area contributed by atoms with E-state index in [4.69, 9.17) is 4.74 Å². The Morgan fingerprint density at radius 2 is 1.68 bits per heavy atom. The normalized spacial score (nSPS) is 31.5. The number of ether oxygens (including phenoxy) is 1. The van der Waals surface area contributed by atoms with Gasteiger partial charge in [0.25, 0.3) is 11.5 Å². The van der Waals surface area contributed by atoms with Crippen LogP contribution in [0.3, 0.4) is 0 Å². The Labute approximate surface area is 331 Å². The number of carbonyl (C=O) groups is 2. The molecule has 0 bridgehead atoms. The van der Waals surface area contributed by atoms with E-state index in [0.717, 1.165) is 60.5 Å². The number of halogens is 1. The summed E-state index contributed by atoms with van der Waals surface area (Å²) in [5.41, 5.74) is 3.37. The molecule has 56 heavy (non-hydrogen) atoms. The second-order valence-corrected chi connectivity index (χ2v) is 18.6. The number of aromatic nitrogens is 2. The van der Waals surface area contributed by atoms with Crippen molar-refractivity contribution in [3.05, 3.63) is 87.6 Å². The summed E-state index contributed by atoms with van der Waals surface area (Å²) in [6.45, 7) is 14.4. The number of amides is 2. The Morgan fingerprint density at radius 1 is 0.929 bits per heavy atom. The summed E-state index contributed by atoms with van der Waals surface area (Å²) in [6, 6.07) is 11.8. The summed E-state index contributed by atoms with van der Waals surface area (Å²) in [6.07, 6.45) is 14.4. The molecule has 2 amide bonds. The maximum Gasteiger partial charge on any atom is 0.272 e. The Kier molecular flexibility index (Phi) is 11.0. The number of carbonyl (C=O) groups excluding carboxylic acids is 2. The lowest BCUT2D eigenvalue weighted by Crippen LogP contribution is -2.54. The number of benzene rings is 2. The Hall–Kier alpha value is -3.85. The molecule has 1 aliphatic heterocycles. The number of fused-ring (bicyclic) bond motifs is 6. The smallest absolute Gasteiger partial charge is 0.272 e. The molecule has 0 radical (unpaired) electrons. The average molecular weight is 765 g/mol. The molecule has 8 nitrogen and oxygen atoms in total. The van der Waals surface area contributed by atoms with Crippen LogP contribution in [-0.2, 0) is 16.0 Å². The first-order valence-electron chi connectivity index (χ1n) is 21.6. The molecular weight excluding hydrogens is 704 g/mol. The van der Waals surface area contributed by atoms with E-state index in [0.29, 0.717) is 73.0 Å². The van der Waals surface area contributed by atoms with Crippen LogP contribution in [0.2, 0.25) is 0 Å². The molecule has 5 aliphatic rings. The van der Waals surface area contributed by atoms with Crippen molar-refractivity contribution in [1.29, 1.82) is 0 Å². The molecule has 1 saturated heterocycles. The quantitative estimate of drug-likeness (QED) is 0.165. The van der Waals surface area contributed by atoms with Gasteiger partial charge in [0.2, 0.25) is 5.91 Å². The van der Waals surface area contributed by atoms with Gasteiger partial charge in [0.15, 0.2) is 0 Å². The van der Waals surface area contributed by atoms with Crippen molar-refractivity contribution in [2.24, 2.45) is 40.4 Å². The highest BCUT2D eigenvalue weighted by molar-refractivity contribution is 5.95. The number of rotatable bonds is 10. The fraction of sp³-hybridized carbons (Fsp3) is 0.617. The Balaban J connectivity index is 0.762. The standard InChI is InChI=1S/C47H61FN4O4/c1-30-26-33-14-15-36-38-16-18-42(46(38,3)20-19-39(36)47(33,4)29-31(30)2)56-25-9-5-6-12-43(53)51-21-23-52(24-22-51)45(55)37-27-32(13-17-40(37)48)28-41-34-10-7-8-11-35(34)44(54)50-49-41/h7-8,10-11,13,17,27,31,33,36,38-39,42H,1,5-6,9,12,14-16,18-26,28-29H2,2-4H3,(H,50,54)/t31-,33+,36+,38+,39+,42+,46+,47+/m1/s1. The third kappa shape index (κ3) is 7.26. The second kappa shape index (κ2) is 15.8. The first-order valence-corrected chi connectivity index (χ1v) is 21.6. The minimum Gasteiger partial charge on any atom is -0.378 e. The average Bonchev–Trinajstić information content (AvgIpc) is 3.54. The van der Waals surface area contributed by atoms with E-state index in [1.54, 1.807) is 29.2 Å². The van der Waals surface area contributed by atoms with Crippen molar-refractivity contribution >= 4 is 22.6 Å². The fourth-order valence-electron chi connectivity index (χ4n) is 12.3. The van der Waals surface area contributed by atoms with Crippen LogP contribution < -0.4 is 5.56 Å². The summed E-state index contributed by atoms with van der Waals surface area (Å²) in [5, 5.41) is 8.04. The highest BCUT2D eigenvalue weighted by Crippen LogP contribution is 2.67. The number of allylic oxidation sites excluding steroid dienone is 1. The van der Waals surface area contributed by atoms with Crippen molar-refractivity contribution in [3.63, 3.8) is 0 Å². The van der Waals surface area contributed by atoms with Crippen molar-refractivity contribution in [2.75, 3.05) is 32.8 Å². The van der Waals surface area contributed by atoms with Crippen LogP contribution in [0.1, 0.15) is 119 Å². The van der Waals surface area contributed by atoms with Crippen molar-refractivity contribution in [2.45, 2.75) is 110 Å². The van der Waals surface area contributed by atoms with Crippen LogP contribution in [0, 0.1) is 46.2 Å². The molecule has 0 spiro atoms. The van der Waals surface area contributed by atoms with Gasteiger partial charge in [-0.15, -0.1) is 0 Å². The molecule has 3 aromatic rings. The molecule has 2 heterocycles. The maximum absolute atomic E-state index is 15.0. The summed E-state index contributed by atoms with van der Waals surface area (Å²) in [5.74, 6) is 3.14. The number of unbranched alkanes of at least 4 members (excludes halogenated alkanes) is 2. The molecule has 1 N–H and O–H groups in total. The van der Waals surface area contributed by atoms with E-state index in [-0.39, 0.29) is 22.9 Å². The monoisotopic (exact) mass is 764 g/mol. The predicted molar refractivity (Wildman–Crippen MR) is 218 cm³/mol. The molecule has 1 aromatic heterocycles. The van der Waals surface area contributed by atoms with Gasteiger partial charge in [-0.2, -0.15) is 5.10 Å². The van der Waals surface area contributed by atoms with Gasteiger partial charge in [0.05, 0.1) is 22.7 Å². The lowest BCUT2D eigenvalue weighted by atomic mass is 9.44. The third-order valence-corrected chi connectivity index (χ3v) is 15.6. The van der Waals surface area contributed by atoms with Gasteiger partial charge in [0.1, 0.15) is 5.82 Å². The molecule has 300 valence electrons. The van der Waals surface area contributed by atoms with E-state index in [9.17, 15) is 18.8 Å². The SMILES string of the molecule is C=C1C[C@@H]2CC[C@@H]3[C@H](CC[C@]4(C)[C@@H](OCCCCCC(=O)N5CCN(C(=O)c6cc(Cc7n[nH]c(=O)c8ccccc78)ccc6F)CC5)CC[C@@H]34)[C@@]2(C)C[C@H]1C. The fourth-order valence-corrected chi connectivity index (χ4v) is 12.3. The summed E-state index contributed by atoms with van der Waals surface area (Å²) in [7, 11) is 0. The Morgan fingerprint density at radius 3 is 2.48 bits per heavy atom. The highest BCUT2D eigenvalue weighted by atomic mass is 19.1. The number of nitrogens with one attached hydrogen (secondary N) is 1. The number of aromatic amines is 1. The van der Waals surface area contributed by atoms with E-state index >= 15 is 0 Å². The maximum atomic E-state index is 15.0. The molecule has 4 aliphatic carbocycles. The Bertz CT molecular complexity index is 2020. The number of piperazine rings is 1. The largest absolute Gasteiger partial charge is 0.378 e. The second-order valence-electron chi connectivity index (χ2n) is 18.6. The zero-order valence-electron chi connectivity index (χ0n) is 33.8. The van der Waals surface area contributed by atoms with Gasteiger partial charge in [-0.05, 0) is 128 Å². The number of hydrogen-bond donors (Lipinski definition) is 1. The third-order valence-electron chi connectivity index (χ3n) is 15.6. The topological polar surface area (TPSA) is 95.6 Å². The number of nitrogens with zero attached hydrogens (tertiary/aromatic N) is 3. The van der Waals surface area contributed by atoms with Crippen LogP contribution in [0.5, 0.6) is 0 Å². The number of hydrogen-bond acceptors (Lipinski definition) is 5. The van der Waals surface area contributed by atoms with Gasteiger partial charge < -0.3 is 14.5 Å². The van der Waals surface area contributed by atoms with Crippen molar-refractivity contribution in [1.82, 2.24) is 20.0 Å². The van der Waals surface area contributed by atoms with Gasteiger partial charge in [-0.1, -0.05) is 63.6 Å². The minimum atomic E-state index is -0.576. The molecular formula is C47H61FN4O4. The summed E-state index contributed by atoms with van der Waals surface area (Å²) in [4.78, 5) is 42.3. The van der Waals surface area contributed by atoms with Crippen LogP contribution >= 0.6 is 0 Å². The predicted octanol–water partition coefficient (Wildman–Crippen LogP) is 8.73. The van der Waals surface area contributed by atoms with Gasteiger partial charge >= 0.3 is 0 Å². The van der Waals surface area contributed by atoms with Gasteiger partial charge in [-0.25, -0.2) is 9.49 Å². The van der Waals surface area contributed by atoms with Crippen molar-refractivity contribution in [3.8, 4) is 0 Å². The molecule has 9 heteroatoms. The zero-order valence-corrected chi connectivity index (χ0v) is 33.8. The van der Waals surface area contributed by atoms with Crippen LogP contribution in [-0.4, -0.2) is 70.7 Å². The molecule has 4 saturated carbocycles. The highest BCUT2D eigenvalue weighted by Gasteiger charge is 2.60. The molecule has 8 atom stereocenters. The first-order chi connectivity index (χ1) is 27.0. The molecule has 8 rings (SSSR count). The lowest BCUT2D eigenvalue weighted by Gasteiger charge is -2.61. The van der Waals surface area contributed by atoms with Gasteiger partial charge in [0, 0.05) is 51.0 Å². The molecule has 2 aromatic carbocycles. The van der Waals surface area contributed by atoms with E-state index in [2.05, 4.69) is 37.5 Å². The van der Waals surface area contributed by atoms with Gasteiger partial charge in [-0.3, -0.25) is 14.4 Å². The van der Waals surface area contributed by atoms with E-state index < -0.39 is 5.82 Å². The van der Waals surface area contributed by atoms with Crippen LogP contribution in [0.25, 0.3) is 10.8 Å². The molecule has 5 fully saturated rings. The summed E-state index contributed by atoms with van der Waals surface area (Å²) >= 11 is 0. The van der Waals surface area contributed by atoms with E-state index in [1.807, 2.05) is 17.0 Å². The number of H-pyrrole nitrogens is 1. The van der Waals surface area contributed by atoms with Crippen LogP contribution in [0.15, 0.2) is 59.4 Å². The first kappa shape index (κ1) is 39.0. The van der Waals surface area contributed by atoms with Crippen LogP contribution in [0.4, 0.5) is 4.39 Å². The van der Waals surface area contributed by atoms with Crippen molar-refractivity contribution < 1.29 is 18.7 Å². The zero-order chi connectivity index (χ0) is 39.2. The lowest BCUT2D eigenvalue weighted by molar-refractivity contribution is -0.133. The summed E-state index contributed by atoms with van der Waals surface area (Å²) < 4.78 is 21.7.